The minimum Gasteiger partial charge on any atom is -0.478 e. The number of carboxylic acids is 1. The summed E-state index contributed by atoms with van der Waals surface area (Å²) in [6, 6.07) is 5.33. The van der Waals surface area contributed by atoms with Gasteiger partial charge >= 0.3 is 5.97 Å². The fourth-order valence-corrected chi connectivity index (χ4v) is 3.39. The third kappa shape index (κ3) is 1.60. The molecule has 1 aliphatic carbocycles. The molecule has 2 aromatic rings. The van der Waals surface area contributed by atoms with Crippen LogP contribution in [0, 0.1) is 16.7 Å². The van der Waals surface area contributed by atoms with Gasteiger partial charge in [-0.1, -0.05) is 33.8 Å². The first kappa shape index (κ1) is 13.2. The van der Waals surface area contributed by atoms with E-state index in [4.69, 9.17) is 0 Å². The molecule has 1 aromatic heterocycles. The lowest BCUT2D eigenvalue weighted by Gasteiger charge is -2.06. The van der Waals surface area contributed by atoms with Gasteiger partial charge in [-0.3, -0.25) is 0 Å². The third-order valence-electron chi connectivity index (χ3n) is 5.58. The zero-order valence-corrected chi connectivity index (χ0v) is 12.3. The lowest BCUT2D eigenvalue weighted by Crippen LogP contribution is -2.03. The maximum atomic E-state index is 11.2. The summed E-state index contributed by atoms with van der Waals surface area (Å²) in [6.45, 7) is 10.1. The zero-order valence-electron chi connectivity index (χ0n) is 12.3. The Bertz CT molecular complexity index is 684. The van der Waals surface area contributed by atoms with E-state index >= 15 is 0 Å². The van der Waals surface area contributed by atoms with Crippen molar-refractivity contribution in [2.45, 2.75) is 34.2 Å². The number of carbonyl (C=O) groups is 1. The minimum absolute atomic E-state index is 0.274. The van der Waals surface area contributed by atoms with Gasteiger partial charge in [-0.15, -0.1) is 0 Å². The molecule has 1 saturated carbocycles. The number of carboxylic acid groups (broad SMARTS) is 1. The Hall–Kier alpha value is -1.84. The molecule has 1 aromatic carbocycles. The van der Waals surface area contributed by atoms with Crippen LogP contribution in [0.3, 0.4) is 0 Å². The van der Waals surface area contributed by atoms with E-state index in [1.807, 2.05) is 6.07 Å². The Morgan fingerprint density at radius 2 is 1.95 bits per heavy atom. The molecule has 4 heteroatoms. The fourth-order valence-electron chi connectivity index (χ4n) is 3.39. The number of fused-ring (bicyclic) bond motifs is 1. The molecule has 0 aliphatic heterocycles. The van der Waals surface area contributed by atoms with Crippen LogP contribution in [0.25, 0.3) is 11.0 Å². The summed E-state index contributed by atoms with van der Waals surface area (Å²) in [5, 5.41) is 9.20. The van der Waals surface area contributed by atoms with E-state index in [2.05, 4.69) is 37.2 Å². The molecule has 1 heterocycles. The topological polar surface area (TPSA) is 55.1 Å². The maximum absolute atomic E-state index is 11.2. The number of benzene rings is 1. The van der Waals surface area contributed by atoms with Crippen molar-refractivity contribution in [2.24, 2.45) is 16.7 Å². The highest BCUT2D eigenvalue weighted by atomic mass is 16.4. The smallest absolute Gasteiger partial charge is 0.337 e. The minimum atomic E-state index is -0.923. The fraction of sp³-hybridized carbons (Fsp3) is 0.500. The molecule has 3 rings (SSSR count). The first-order valence-corrected chi connectivity index (χ1v) is 6.94. The highest BCUT2D eigenvalue weighted by Gasteiger charge is 2.64. The van der Waals surface area contributed by atoms with Gasteiger partial charge in [-0.25, -0.2) is 9.78 Å². The van der Waals surface area contributed by atoms with Crippen molar-refractivity contribution in [1.29, 1.82) is 0 Å². The van der Waals surface area contributed by atoms with Crippen molar-refractivity contribution >= 4 is 17.0 Å². The van der Waals surface area contributed by atoms with Crippen LogP contribution in [-0.4, -0.2) is 20.6 Å². The Labute approximate surface area is 118 Å². The molecular formula is C16H20N2O2. The largest absolute Gasteiger partial charge is 0.478 e. The summed E-state index contributed by atoms with van der Waals surface area (Å²) in [4.78, 5) is 15.5. The van der Waals surface area contributed by atoms with Crippen LogP contribution in [0.15, 0.2) is 24.5 Å². The molecule has 4 nitrogen and oxygen atoms in total. The van der Waals surface area contributed by atoms with Crippen molar-refractivity contribution in [3.63, 3.8) is 0 Å². The number of aromatic carboxylic acids is 1. The third-order valence-corrected chi connectivity index (χ3v) is 5.58. The highest BCUT2D eigenvalue weighted by molar-refractivity contribution is 6.00. The normalized spacial score (nSPS) is 20.2. The lowest BCUT2D eigenvalue weighted by atomic mass is 10.0. The molecule has 0 spiro atoms. The molecule has 0 radical (unpaired) electrons. The monoisotopic (exact) mass is 272 g/mol. The first-order valence-electron chi connectivity index (χ1n) is 6.94. The molecule has 0 unspecified atom stereocenters. The van der Waals surface area contributed by atoms with E-state index < -0.39 is 5.97 Å². The molecule has 1 fully saturated rings. The van der Waals surface area contributed by atoms with Crippen LogP contribution in [0.2, 0.25) is 0 Å². The number of para-hydroxylation sites is 1. The molecule has 0 atom stereocenters. The van der Waals surface area contributed by atoms with Crippen molar-refractivity contribution in [2.75, 3.05) is 0 Å². The molecule has 106 valence electrons. The molecule has 0 saturated heterocycles. The van der Waals surface area contributed by atoms with Crippen LogP contribution in [0.5, 0.6) is 0 Å². The number of nitrogens with zero attached hydrogens (tertiary/aromatic N) is 2. The van der Waals surface area contributed by atoms with Crippen LogP contribution in [-0.2, 0) is 6.54 Å². The summed E-state index contributed by atoms with van der Waals surface area (Å²) < 4.78 is 2.09. The van der Waals surface area contributed by atoms with E-state index in [1.165, 1.54) is 0 Å². The number of hydrogen-bond donors (Lipinski definition) is 1. The Kier molecular flexibility index (Phi) is 2.53. The predicted molar refractivity (Wildman–Crippen MR) is 77.7 cm³/mol. The van der Waals surface area contributed by atoms with Crippen LogP contribution < -0.4 is 0 Å². The standard InChI is InChI=1S/C16H20N2O2/c1-15(2)12(16(15,3)4)8-18-9-17-13-10(14(19)20)6-5-7-11(13)18/h5-7,9,12H,8H2,1-4H3,(H,19,20). The molecule has 1 N–H and O–H groups in total. The van der Waals surface area contributed by atoms with Gasteiger partial charge in [0.2, 0.25) is 0 Å². The van der Waals surface area contributed by atoms with Crippen molar-refractivity contribution in [1.82, 2.24) is 9.55 Å². The quantitative estimate of drug-likeness (QED) is 0.931. The SMILES string of the molecule is CC1(C)C(Cn2cnc3c(C(=O)O)cccc32)C1(C)C. The lowest BCUT2D eigenvalue weighted by molar-refractivity contribution is 0.0699. The number of hydrogen-bond acceptors (Lipinski definition) is 2. The first-order chi connectivity index (χ1) is 9.26. The van der Waals surface area contributed by atoms with Gasteiger partial charge in [0.15, 0.2) is 0 Å². The molecule has 1 aliphatic rings. The summed E-state index contributed by atoms with van der Waals surface area (Å²) >= 11 is 0. The van der Waals surface area contributed by atoms with Gasteiger partial charge in [0.25, 0.3) is 0 Å². The van der Waals surface area contributed by atoms with Gasteiger partial charge in [0.1, 0.15) is 5.52 Å². The summed E-state index contributed by atoms with van der Waals surface area (Å²) in [6.07, 6.45) is 1.77. The van der Waals surface area contributed by atoms with Crippen LogP contribution in [0.4, 0.5) is 0 Å². The van der Waals surface area contributed by atoms with E-state index in [0.717, 1.165) is 12.1 Å². The number of imidazole rings is 1. The Morgan fingerprint density at radius 3 is 2.50 bits per heavy atom. The van der Waals surface area contributed by atoms with Crippen molar-refractivity contribution in [3.8, 4) is 0 Å². The molecular weight excluding hydrogens is 252 g/mol. The van der Waals surface area contributed by atoms with Gasteiger partial charge < -0.3 is 9.67 Å². The highest BCUT2D eigenvalue weighted by Crippen LogP contribution is 2.68. The molecule has 0 bridgehead atoms. The second-order valence-electron chi connectivity index (χ2n) is 6.87. The van der Waals surface area contributed by atoms with E-state index in [0.29, 0.717) is 22.3 Å². The summed E-state index contributed by atoms with van der Waals surface area (Å²) in [5.41, 5.74) is 2.39. The Balaban J connectivity index is 1.99. The second-order valence-corrected chi connectivity index (χ2v) is 6.87. The maximum Gasteiger partial charge on any atom is 0.337 e. The van der Waals surface area contributed by atoms with E-state index in [-0.39, 0.29) is 5.56 Å². The van der Waals surface area contributed by atoms with Gasteiger partial charge in [0, 0.05) is 6.54 Å². The predicted octanol–water partition coefficient (Wildman–Crippen LogP) is 3.42. The van der Waals surface area contributed by atoms with Crippen molar-refractivity contribution in [3.05, 3.63) is 30.1 Å². The van der Waals surface area contributed by atoms with Gasteiger partial charge in [-0.2, -0.15) is 0 Å². The van der Waals surface area contributed by atoms with Crippen molar-refractivity contribution < 1.29 is 9.90 Å². The zero-order chi connectivity index (χ0) is 14.7. The number of rotatable bonds is 3. The molecule has 20 heavy (non-hydrogen) atoms. The van der Waals surface area contributed by atoms with E-state index in [9.17, 15) is 9.90 Å². The average Bonchev–Trinajstić information content (AvgIpc) is 2.69. The summed E-state index contributed by atoms with van der Waals surface area (Å²) in [7, 11) is 0. The van der Waals surface area contributed by atoms with Crippen LogP contribution in [0.1, 0.15) is 38.1 Å². The number of aromatic nitrogens is 2. The second kappa shape index (κ2) is 3.84. The van der Waals surface area contributed by atoms with Gasteiger partial charge in [0.05, 0.1) is 17.4 Å². The summed E-state index contributed by atoms with van der Waals surface area (Å²) in [5.74, 6) is -0.339. The van der Waals surface area contributed by atoms with Gasteiger partial charge in [-0.05, 0) is 28.9 Å². The van der Waals surface area contributed by atoms with E-state index in [1.54, 1.807) is 18.5 Å². The molecule has 0 amide bonds. The Morgan fingerprint density at radius 1 is 1.30 bits per heavy atom. The average molecular weight is 272 g/mol. The van der Waals surface area contributed by atoms with Crippen LogP contribution >= 0.6 is 0 Å².